The van der Waals surface area contributed by atoms with Gasteiger partial charge in [0.2, 0.25) is 5.96 Å². The summed E-state index contributed by atoms with van der Waals surface area (Å²) in [6.45, 7) is 3.79. The second kappa shape index (κ2) is 8.52. The molecule has 3 aromatic carbocycles. The monoisotopic (exact) mass is 356 g/mol. The zero-order chi connectivity index (χ0) is 18.3. The first-order valence-electron chi connectivity index (χ1n) is 9.41. The first-order valence-corrected chi connectivity index (χ1v) is 9.41. The molecule has 0 saturated carbocycles. The van der Waals surface area contributed by atoms with Crippen LogP contribution in [0.2, 0.25) is 0 Å². The van der Waals surface area contributed by atoms with Crippen molar-refractivity contribution >= 4 is 23.0 Å². The molecule has 3 aromatic rings. The zero-order valence-electron chi connectivity index (χ0n) is 15.3. The number of hydrogen-bond donors (Lipinski definition) is 1. The normalized spacial score (nSPS) is 14.8. The van der Waals surface area contributed by atoms with Crippen LogP contribution < -0.4 is 10.2 Å². The quantitative estimate of drug-likeness (QED) is 0.557. The smallest absolute Gasteiger partial charge is 0.211 e. The summed E-state index contributed by atoms with van der Waals surface area (Å²) in [5.74, 6) is 0.958. The molecule has 4 nitrogen and oxygen atoms in total. The summed E-state index contributed by atoms with van der Waals surface area (Å²) < 4.78 is 0. The van der Waals surface area contributed by atoms with E-state index >= 15 is 0 Å². The van der Waals surface area contributed by atoms with Gasteiger partial charge in [-0.25, -0.2) is 4.99 Å². The second-order valence-electron chi connectivity index (χ2n) is 6.49. The van der Waals surface area contributed by atoms with E-state index in [4.69, 9.17) is 4.99 Å². The highest BCUT2D eigenvalue weighted by Crippen LogP contribution is 2.28. The van der Waals surface area contributed by atoms with E-state index in [1.807, 2.05) is 30.3 Å². The van der Waals surface area contributed by atoms with Crippen LogP contribution in [0, 0.1) is 0 Å². The lowest BCUT2D eigenvalue weighted by atomic mass is 10.2. The maximum absolute atomic E-state index is 5.08. The Hall–Kier alpha value is -3.11. The predicted octanol–water partition coefficient (Wildman–Crippen LogP) is 4.42. The third-order valence-corrected chi connectivity index (χ3v) is 4.61. The van der Waals surface area contributed by atoms with Gasteiger partial charge in [-0.3, -0.25) is 4.90 Å². The maximum Gasteiger partial charge on any atom is 0.211 e. The van der Waals surface area contributed by atoms with Gasteiger partial charge in [0.15, 0.2) is 0 Å². The van der Waals surface area contributed by atoms with Crippen LogP contribution >= 0.6 is 0 Å². The molecule has 0 unspecified atom stereocenters. The van der Waals surface area contributed by atoms with E-state index in [9.17, 15) is 0 Å². The first-order chi connectivity index (χ1) is 13.4. The number of nitrogens with zero attached hydrogens (tertiary/aromatic N) is 3. The van der Waals surface area contributed by atoms with Crippen molar-refractivity contribution < 1.29 is 0 Å². The molecule has 1 aliphatic heterocycles. The molecular formula is C23H24N4. The van der Waals surface area contributed by atoms with Crippen molar-refractivity contribution in [3.05, 3.63) is 91.0 Å². The van der Waals surface area contributed by atoms with Gasteiger partial charge in [-0.2, -0.15) is 0 Å². The summed E-state index contributed by atoms with van der Waals surface area (Å²) in [4.78, 5) is 9.69. The number of benzene rings is 3. The summed E-state index contributed by atoms with van der Waals surface area (Å²) in [6.07, 6.45) is 0. The molecule has 136 valence electrons. The number of anilines is 2. The van der Waals surface area contributed by atoms with Crippen LogP contribution in [-0.4, -0.2) is 37.0 Å². The van der Waals surface area contributed by atoms with Gasteiger partial charge in [-0.15, -0.1) is 0 Å². The molecule has 0 aliphatic carbocycles. The number of nitrogens with one attached hydrogen (secondary N) is 1. The number of hydrogen-bond acceptors (Lipinski definition) is 2. The van der Waals surface area contributed by atoms with Crippen LogP contribution in [-0.2, 0) is 0 Å². The van der Waals surface area contributed by atoms with Crippen molar-refractivity contribution in [3.8, 4) is 0 Å². The van der Waals surface area contributed by atoms with Crippen molar-refractivity contribution in [2.75, 3.05) is 31.1 Å². The minimum absolute atomic E-state index is 0.932. The van der Waals surface area contributed by atoms with Gasteiger partial charge in [0.05, 0.1) is 5.69 Å². The minimum atomic E-state index is 0.932. The average Bonchev–Trinajstić information content (AvgIpc) is 2.76. The van der Waals surface area contributed by atoms with Gasteiger partial charge in [0, 0.05) is 37.6 Å². The van der Waals surface area contributed by atoms with Gasteiger partial charge in [0.25, 0.3) is 0 Å². The molecule has 1 saturated heterocycles. The Morgan fingerprint density at radius 3 is 1.70 bits per heavy atom. The van der Waals surface area contributed by atoms with E-state index < -0.39 is 0 Å². The summed E-state index contributed by atoms with van der Waals surface area (Å²) in [7, 11) is 0. The molecular weight excluding hydrogens is 332 g/mol. The molecule has 0 radical (unpaired) electrons. The standard InChI is InChI=1S/C23H24N4/c1-4-10-20(11-5-1)25-23(26-18-16-24-17-19-26)27(21-12-6-2-7-13-21)22-14-8-3-9-15-22/h1-15,24H,16-19H2. The number of piperazine rings is 1. The Labute approximate surface area is 160 Å². The summed E-state index contributed by atoms with van der Waals surface area (Å²) in [5, 5.41) is 3.44. The molecule has 0 aromatic heterocycles. The Bertz CT molecular complexity index is 817. The van der Waals surface area contributed by atoms with E-state index in [2.05, 4.69) is 75.8 Å². The zero-order valence-corrected chi connectivity index (χ0v) is 15.3. The lowest BCUT2D eigenvalue weighted by Crippen LogP contribution is -2.51. The average molecular weight is 356 g/mol. The number of rotatable bonds is 3. The molecule has 1 heterocycles. The molecule has 0 bridgehead atoms. The number of aliphatic imine (C=N–C) groups is 1. The fourth-order valence-corrected chi connectivity index (χ4v) is 3.28. The Balaban J connectivity index is 1.84. The largest absolute Gasteiger partial charge is 0.339 e. The molecule has 0 spiro atoms. The third kappa shape index (κ3) is 4.18. The second-order valence-corrected chi connectivity index (χ2v) is 6.49. The van der Waals surface area contributed by atoms with Crippen LogP contribution in [0.15, 0.2) is 96.0 Å². The van der Waals surface area contributed by atoms with E-state index in [-0.39, 0.29) is 0 Å². The summed E-state index contributed by atoms with van der Waals surface area (Å²) in [6, 6.07) is 31.1. The highest BCUT2D eigenvalue weighted by atomic mass is 15.4. The third-order valence-electron chi connectivity index (χ3n) is 4.61. The van der Waals surface area contributed by atoms with Crippen molar-refractivity contribution in [2.45, 2.75) is 0 Å². The SMILES string of the molecule is c1ccc(N=C(N2CCNCC2)N(c2ccccc2)c2ccccc2)cc1. The minimum Gasteiger partial charge on any atom is -0.339 e. The molecule has 4 heteroatoms. The summed E-state index contributed by atoms with van der Waals surface area (Å²) in [5.41, 5.74) is 3.18. The maximum atomic E-state index is 5.08. The van der Waals surface area contributed by atoms with E-state index in [0.717, 1.165) is 49.2 Å². The van der Waals surface area contributed by atoms with Crippen molar-refractivity contribution in [2.24, 2.45) is 4.99 Å². The number of para-hydroxylation sites is 3. The Morgan fingerprint density at radius 1 is 0.704 bits per heavy atom. The fourth-order valence-electron chi connectivity index (χ4n) is 3.28. The predicted molar refractivity (Wildman–Crippen MR) is 113 cm³/mol. The van der Waals surface area contributed by atoms with Crippen molar-refractivity contribution in [1.29, 1.82) is 0 Å². The van der Waals surface area contributed by atoms with Crippen molar-refractivity contribution in [1.82, 2.24) is 10.2 Å². The fraction of sp³-hybridized carbons (Fsp3) is 0.174. The Kier molecular flexibility index (Phi) is 5.46. The summed E-state index contributed by atoms with van der Waals surface area (Å²) >= 11 is 0. The highest BCUT2D eigenvalue weighted by molar-refractivity contribution is 6.03. The van der Waals surface area contributed by atoms with Crippen LogP contribution in [0.4, 0.5) is 17.1 Å². The van der Waals surface area contributed by atoms with Gasteiger partial charge in [-0.05, 0) is 36.4 Å². The van der Waals surface area contributed by atoms with E-state index in [1.54, 1.807) is 0 Å². The van der Waals surface area contributed by atoms with E-state index in [1.165, 1.54) is 0 Å². The van der Waals surface area contributed by atoms with Crippen molar-refractivity contribution in [3.63, 3.8) is 0 Å². The first kappa shape index (κ1) is 17.3. The van der Waals surface area contributed by atoms with E-state index in [0.29, 0.717) is 0 Å². The van der Waals surface area contributed by atoms with Crippen LogP contribution in [0.1, 0.15) is 0 Å². The van der Waals surface area contributed by atoms with Gasteiger partial charge >= 0.3 is 0 Å². The molecule has 27 heavy (non-hydrogen) atoms. The van der Waals surface area contributed by atoms with Gasteiger partial charge in [-0.1, -0.05) is 54.6 Å². The molecule has 1 fully saturated rings. The molecule has 1 aliphatic rings. The molecule has 0 atom stereocenters. The van der Waals surface area contributed by atoms with Gasteiger partial charge in [0.1, 0.15) is 0 Å². The Morgan fingerprint density at radius 2 is 1.19 bits per heavy atom. The van der Waals surface area contributed by atoms with Crippen LogP contribution in [0.3, 0.4) is 0 Å². The van der Waals surface area contributed by atoms with Crippen LogP contribution in [0.25, 0.3) is 0 Å². The highest BCUT2D eigenvalue weighted by Gasteiger charge is 2.23. The number of guanidine groups is 1. The van der Waals surface area contributed by atoms with Crippen LogP contribution in [0.5, 0.6) is 0 Å². The molecule has 0 amide bonds. The lowest BCUT2D eigenvalue weighted by Gasteiger charge is -2.37. The van der Waals surface area contributed by atoms with Gasteiger partial charge < -0.3 is 10.2 Å². The lowest BCUT2D eigenvalue weighted by molar-refractivity contribution is 0.354. The molecule has 1 N–H and O–H groups in total. The topological polar surface area (TPSA) is 30.9 Å². The molecule has 4 rings (SSSR count).